The number of hydrogen-bond acceptors (Lipinski definition) is 6. The number of sulfone groups is 1. The van der Waals surface area contributed by atoms with E-state index in [1.54, 1.807) is 0 Å². The van der Waals surface area contributed by atoms with E-state index >= 15 is 0 Å². The van der Waals surface area contributed by atoms with Gasteiger partial charge in [0, 0.05) is 22.7 Å². The third-order valence-corrected chi connectivity index (χ3v) is 6.88. The van der Waals surface area contributed by atoms with Gasteiger partial charge in [0.05, 0.1) is 23.0 Å². The summed E-state index contributed by atoms with van der Waals surface area (Å²) in [6.07, 6.45) is 0.200. The fourth-order valence-corrected chi connectivity index (χ4v) is 5.20. The standard InChI is InChI=1S/C19H18ClFN2O6S/c20-15-4-3-5-16(21)14(15)10-22(13-8-9-30(27,28)12-13)19(24)11-29-18-7-2-1-6-17(18)23(25)26/h1-7,13H,8-12H2. The molecule has 0 aliphatic carbocycles. The highest BCUT2D eigenvalue weighted by Gasteiger charge is 2.35. The van der Waals surface area contributed by atoms with Crippen LogP contribution in [0.1, 0.15) is 12.0 Å². The SMILES string of the molecule is O=C(COc1ccccc1[N+](=O)[O-])N(Cc1c(F)cccc1Cl)C1CCS(=O)(=O)C1. The van der Waals surface area contributed by atoms with Crippen LogP contribution >= 0.6 is 11.6 Å². The first-order valence-electron chi connectivity index (χ1n) is 8.97. The fourth-order valence-electron chi connectivity index (χ4n) is 3.25. The number of carbonyl (C=O) groups excluding carboxylic acids is 1. The zero-order valence-corrected chi connectivity index (χ0v) is 17.2. The smallest absolute Gasteiger partial charge is 0.310 e. The molecule has 1 heterocycles. The van der Waals surface area contributed by atoms with Crippen molar-refractivity contribution in [3.63, 3.8) is 0 Å². The Morgan fingerprint density at radius 3 is 2.63 bits per heavy atom. The van der Waals surface area contributed by atoms with E-state index in [1.165, 1.54) is 47.4 Å². The summed E-state index contributed by atoms with van der Waals surface area (Å²) in [6.45, 7) is -0.821. The highest BCUT2D eigenvalue weighted by atomic mass is 35.5. The van der Waals surface area contributed by atoms with E-state index in [-0.39, 0.29) is 46.5 Å². The molecule has 1 fully saturated rings. The summed E-state index contributed by atoms with van der Waals surface area (Å²) in [7, 11) is -3.32. The number of nitro benzene ring substituents is 1. The Balaban J connectivity index is 1.83. The highest BCUT2D eigenvalue weighted by molar-refractivity contribution is 7.91. The molecule has 0 saturated carbocycles. The predicted molar refractivity (Wildman–Crippen MR) is 108 cm³/mol. The Labute approximate surface area is 177 Å². The van der Waals surface area contributed by atoms with E-state index in [2.05, 4.69) is 0 Å². The lowest BCUT2D eigenvalue weighted by atomic mass is 10.1. The highest BCUT2D eigenvalue weighted by Crippen LogP contribution is 2.28. The average molecular weight is 457 g/mol. The molecule has 0 bridgehead atoms. The van der Waals surface area contributed by atoms with Gasteiger partial charge in [-0.3, -0.25) is 14.9 Å². The van der Waals surface area contributed by atoms with Gasteiger partial charge in [-0.15, -0.1) is 0 Å². The van der Waals surface area contributed by atoms with Crippen molar-refractivity contribution in [3.8, 4) is 5.75 Å². The number of para-hydroxylation sites is 2. The number of carbonyl (C=O) groups is 1. The molecule has 11 heteroatoms. The number of amides is 1. The van der Waals surface area contributed by atoms with Crippen molar-refractivity contribution >= 4 is 33.0 Å². The van der Waals surface area contributed by atoms with Crippen LogP contribution in [-0.2, 0) is 21.2 Å². The van der Waals surface area contributed by atoms with Gasteiger partial charge in [0.1, 0.15) is 5.82 Å². The van der Waals surface area contributed by atoms with E-state index in [0.717, 1.165) is 0 Å². The molecule has 1 saturated heterocycles. The van der Waals surface area contributed by atoms with Crippen molar-refractivity contribution in [2.24, 2.45) is 0 Å². The minimum Gasteiger partial charge on any atom is -0.477 e. The molecule has 30 heavy (non-hydrogen) atoms. The van der Waals surface area contributed by atoms with E-state index < -0.39 is 39.1 Å². The minimum atomic E-state index is -3.32. The van der Waals surface area contributed by atoms with Crippen LogP contribution in [0.4, 0.5) is 10.1 Å². The van der Waals surface area contributed by atoms with Gasteiger partial charge in [-0.1, -0.05) is 29.8 Å². The molecule has 0 radical (unpaired) electrons. The molecule has 2 aromatic rings. The van der Waals surface area contributed by atoms with Crippen LogP contribution in [0.2, 0.25) is 5.02 Å². The first kappa shape index (κ1) is 22.0. The normalized spacial score (nSPS) is 17.5. The van der Waals surface area contributed by atoms with Crippen LogP contribution in [-0.4, -0.2) is 48.3 Å². The molecule has 1 atom stereocenters. The molecule has 1 aliphatic heterocycles. The quantitative estimate of drug-likeness (QED) is 0.468. The summed E-state index contributed by atoms with van der Waals surface area (Å²) in [6, 6.07) is 8.98. The van der Waals surface area contributed by atoms with Gasteiger partial charge in [0.2, 0.25) is 0 Å². The molecule has 1 aliphatic rings. The lowest BCUT2D eigenvalue weighted by Crippen LogP contribution is -2.43. The maximum Gasteiger partial charge on any atom is 0.310 e. The second kappa shape index (κ2) is 8.97. The van der Waals surface area contributed by atoms with Crippen LogP contribution < -0.4 is 4.74 Å². The van der Waals surface area contributed by atoms with Gasteiger partial charge in [-0.25, -0.2) is 12.8 Å². The van der Waals surface area contributed by atoms with E-state index in [1.807, 2.05) is 0 Å². The molecular weight excluding hydrogens is 439 g/mol. The molecule has 160 valence electrons. The largest absolute Gasteiger partial charge is 0.477 e. The summed E-state index contributed by atoms with van der Waals surface area (Å²) >= 11 is 6.07. The number of nitro groups is 1. The zero-order chi connectivity index (χ0) is 21.9. The van der Waals surface area contributed by atoms with Crippen LogP contribution in [0, 0.1) is 15.9 Å². The third-order valence-electron chi connectivity index (χ3n) is 4.77. The van der Waals surface area contributed by atoms with Gasteiger partial charge in [-0.05, 0) is 24.6 Å². The van der Waals surface area contributed by atoms with Gasteiger partial charge >= 0.3 is 5.69 Å². The number of halogens is 2. The van der Waals surface area contributed by atoms with Crippen molar-refractivity contribution in [3.05, 3.63) is 69.0 Å². The molecule has 1 amide bonds. The Morgan fingerprint density at radius 1 is 1.27 bits per heavy atom. The molecule has 8 nitrogen and oxygen atoms in total. The second-order valence-electron chi connectivity index (χ2n) is 6.79. The second-order valence-corrected chi connectivity index (χ2v) is 9.43. The lowest BCUT2D eigenvalue weighted by molar-refractivity contribution is -0.385. The number of ether oxygens (including phenoxy) is 1. The van der Waals surface area contributed by atoms with Gasteiger partial charge in [0.25, 0.3) is 5.91 Å². The Kier molecular flexibility index (Phi) is 6.57. The van der Waals surface area contributed by atoms with Gasteiger partial charge in [-0.2, -0.15) is 0 Å². The Hall–Kier alpha value is -2.72. The molecule has 3 rings (SSSR count). The van der Waals surface area contributed by atoms with Crippen molar-refractivity contribution < 1.29 is 27.3 Å². The topological polar surface area (TPSA) is 107 Å². The summed E-state index contributed by atoms with van der Waals surface area (Å²) in [5.41, 5.74) is -0.250. The Bertz CT molecular complexity index is 1060. The van der Waals surface area contributed by atoms with Crippen LogP contribution in [0.5, 0.6) is 5.75 Å². The van der Waals surface area contributed by atoms with Crippen LogP contribution in [0.15, 0.2) is 42.5 Å². The lowest BCUT2D eigenvalue weighted by Gasteiger charge is -2.29. The number of rotatable bonds is 7. The minimum absolute atomic E-state index is 0.0579. The summed E-state index contributed by atoms with van der Waals surface area (Å²) < 4.78 is 43.4. The fraction of sp³-hybridized carbons (Fsp3) is 0.316. The van der Waals surface area contributed by atoms with Gasteiger partial charge < -0.3 is 9.64 Å². The molecular formula is C19H18ClFN2O6S. The molecule has 1 unspecified atom stereocenters. The van der Waals surface area contributed by atoms with Gasteiger partial charge in [0.15, 0.2) is 22.2 Å². The van der Waals surface area contributed by atoms with Crippen LogP contribution in [0.3, 0.4) is 0 Å². The predicted octanol–water partition coefficient (Wildman–Crippen LogP) is 2.98. The average Bonchev–Trinajstić information content (AvgIpc) is 3.05. The first-order chi connectivity index (χ1) is 14.2. The summed E-state index contributed by atoms with van der Waals surface area (Å²) in [5, 5.41) is 11.2. The Morgan fingerprint density at radius 2 is 2.00 bits per heavy atom. The summed E-state index contributed by atoms with van der Waals surface area (Å²) in [5.74, 6) is -1.69. The van der Waals surface area contributed by atoms with Crippen molar-refractivity contribution in [2.45, 2.75) is 19.0 Å². The van der Waals surface area contributed by atoms with Crippen molar-refractivity contribution in [1.29, 1.82) is 0 Å². The third kappa shape index (κ3) is 5.06. The molecule has 0 N–H and O–H groups in total. The van der Waals surface area contributed by atoms with E-state index in [4.69, 9.17) is 16.3 Å². The monoisotopic (exact) mass is 456 g/mol. The van der Waals surface area contributed by atoms with Crippen molar-refractivity contribution in [2.75, 3.05) is 18.1 Å². The molecule has 0 aromatic heterocycles. The molecule has 0 spiro atoms. The van der Waals surface area contributed by atoms with E-state index in [9.17, 15) is 27.7 Å². The maximum atomic E-state index is 14.3. The summed E-state index contributed by atoms with van der Waals surface area (Å²) in [4.78, 5) is 24.6. The van der Waals surface area contributed by atoms with Crippen LogP contribution in [0.25, 0.3) is 0 Å². The number of hydrogen-bond donors (Lipinski definition) is 0. The van der Waals surface area contributed by atoms with Crippen molar-refractivity contribution in [1.82, 2.24) is 4.90 Å². The number of benzene rings is 2. The zero-order valence-electron chi connectivity index (χ0n) is 15.7. The maximum absolute atomic E-state index is 14.3. The van der Waals surface area contributed by atoms with E-state index in [0.29, 0.717) is 0 Å². The number of nitrogens with zero attached hydrogens (tertiary/aromatic N) is 2. The first-order valence-corrected chi connectivity index (χ1v) is 11.2. The molecule has 2 aromatic carbocycles.